The van der Waals surface area contributed by atoms with E-state index in [-0.39, 0.29) is 22.8 Å². The van der Waals surface area contributed by atoms with E-state index in [1.807, 2.05) is 6.20 Å². The van der Waals surface area contributed by atoms with Crippen LogP contribution in [-0.2, 0) is 0 Å². The maximum absolute atomic E-state index is 14.4. The molecule has 0 aromatic carbocycles. The van der Waals surface area contributed by atoms with Crippen molar-refractivity contribution >= 4 is 28.4 Å². The van der Waals surface area contributed by atoms with Crippen molar-refractivity contribution in [2.75, 3.05) is 23.7 Å². The van der Waals surface area contributed by atoms with Crippen molar-refractivity contribution in [2.45, 2.75) is 52.0 Å². The normalized spacial score (nSPS) is 18.9. The van der Waals surface area contributed by atoms with E-state index in [0.29, 0.717) is 23.1 Å². The zero-order chi connectivity index (χ0) is 26.4. The highest BCUT2D eigenvalue weighted by Crippen LogP contribution is 2.44. The van der Waals surface area contributed by atoms with Crippen molar-refractivity contribution in [1.29, 1.82) is 0 Å². The summed E-state index contributed by atoms with van der Waals surface area (Å²) in [5, 5.41) is 11.1. The highest BCUT2D eigenvalue weighted by atomic mass is 19.1. The molecule has 6 rings (SSSR count). The third-order valence-electron chi connectivity index (χ3n) is 7.47. The minimum atomic E-state index is -0.738. The van der Waals surface area contributed by atoms with Gasteiger partial charge in [-0.15, -0.1) is 0 Å². The molecule has 1 unspecified atom stereocenters. The average Bonchev–Trinajstić information content (AvgIpc) is 3.74. The van der Waals surface area contributed by atoms with Gasteiger partial charge in [-0.25, -0.2) is 19.3 Å². The van der Waals surface area contributed by atoms with E-state index in [9.17, 15) is 8.78 Å². The van der Waals surface area contributed by atoms with E-state index in [4.69, 9.17) is 9.97 Å². The Morgan fingerprint density at radius 3 is 2.66 bits per heavy atom. The molecule has 5 heterocycles. The number of hydrogen-bond acceptors (Lipinski definition) is 8. The summed E-state index contributed by atoms with van der Waals surface area (Å²) in [4.78, 5) is 22.3. The van der Waals surface area contributed by atoms with Gasteiger partial charge in [0.05, 0.1) is 11.7 Å². The smallest absolute Gasteiger partial charge is 0.217 e. The van der Waals surface area contributed by atoms with E-state index >= 15 is 0 Å². The van der Waals surface area contributed by atoms with Crippen LogP contribution in [0.3, 0.4) is 0 Å². The molecule has 3 N–H and O–H groups in total. The van der Waals surface area contributed by atoms with Gasteiger partial charge in [0, 0.05) is 41.5 Å². The first-order valence-corrected chi connectivity index (χ1v) is 13.0. The van der Waals surface area contributed by atoms with Gasteiger partial charge in [0.15, 0.2) is 17.5 Å². The first-order valence-electron chi connectivity index (χ1n) is 13.0. The first kappa shape index (κ1) is 24.5. The number of aryl methyl sites for hydroxylation is 1. The van der Waals surface area contributed by atoms with Crippen molar-refractivity contribution < 1.29 is 8.78 Å². The summed E-state index contributed by atoms with van der Waals surface area (Å²) in [6, 6.07) is 4.83. The highest BCUT2D eigenvalue weighted by molar-refractivity contribution is 5.93. The number of fused-ring (bicyclic) bond motifs is 1. The Balaban J connectivity index is 1.41. The first-order chi connectivity index (χ1) is 18.3. The number of piperidine rings is 1. The molecular weight excluding hydrogens is 486 g/mol. The second-order valence-electron chi connectivity index (χ2n) is 10.9. The summed E-state index contributed by atoms with van der Waals surface area (Å²) in [5.41, 5.74) is 2.81. The number of nitrogens with one attached hydrogen (secondary N) is 3. The molecule has 0 amide bonds. The fraction of sp³-hybridized carbons (Fsp3) is 0.393. The largest absolute Gasteiger partial charge is 0.366 e. The number of hydrogen-bond donors (Lipinski definition) is 3. The summed E-state index contributed by atoms with van der Waals surface area (Å²) in [7, 11) is 0. The highest BCUT2D eigenvalue weighted by Gasteiger charge is 2.34. The summed E-state index contributed by atoms with van der Waals surface area (Å²) in [5.74, 6) is 0.456. The molecule has 4 aromatic heterocycles. The predicted octanol–water partition coefficient (Wildman–Crippen LogP) is 5.49. The van der Waals surface area contributed by atoms with Gasteiger partial charge < -0.3 is 16.0 Å². The minimum Gasteiger partial charge on any atom is -0.366 e. The Morgan fingerprint density at radius 2 is 1.87 bits per heavy atom. The zero-order valence-corrected chi connectivity index (χ0v) is 21.6. The molecule has 0 radical (unpaired) electrons. The van der Waals surface area contributed by atoms with E-state index in [0.717, 1.165) is 55.1 Å². The second kappa shape index (κ2) is 9.50. The molecule has 1 saturated carbocycles. The quantitative estimate of drug-likeness (QED) is 0.289. The molecule has 0 bridgehead atoms. The number of aromatic nitrogens is 5. The molecule has 10 heteroatoms. The topological polar surface area (TPSA) is 101 Å². The molecule has 1 atom stereocenters. The molecule has 2 aliphatic rings. The van der Waals surface area contributed by atoms with Crippen LogP contribution in [0.1, 0.15) is 50.2 Å². The molecule has 1 saturated heterocycles. The van der Waals surface area contributed by atoms with Crippen LogP contribution in [0, 0.1) is 24.1 Å². The number of rotatable bonds is 6. The van der Waals surface area contributed by atoms with E-state index in [1.54, 1.807) is 24.5 Å². The predicted molar refractivity (Wildman–Crippen MR) is 143 cm³/mol. The molecular formula is C28H30F2N8. The SMILES string of the molecule is Cc1cc(F)c(Nc2cc(-c3nc(NC4CCNCC4(C)C)c4c(C5CC5)cncc4n3)ccn2)nc1F. The summed E-state index contributed by atoms with van der Waals surface area (Å²) < 4.78 is 28.4. The van der Waals surface area contributed by atoms with Gasteiger partial charge in [-0.2, -0.15) is 9.37 Å². The van der Waals surface area contributed by atoms with Gasteiger partial charge in [-0.1, -0.05) is 13.8 Å². The van der Waals surface area contributed by atoms with E-state index < -0.39 is 11.8 Å². The van der Waals surface area contributed by atoms with Crippen molar-refractivity contribution in [1.82, 2.24) is 30.2 Å². The lowest BCUT2D eigenvalue weighted by molar-refractivity contribution is 0.236. The fourth-order valence-corrected chi connectivity index (χ4v) is 5.05. The van der Waals surface area contributed by atoms with Crippen molar-refractivity contribution in [3.8, 4) is 11.4 Å². The second-order valence-corrected chi connectivity index (χ2v) is 10.9. The van der Waals surface area contributed by atoms with E-state index in [2.05, 4.69) is 44.7 Å². The Labute approximate surface area is 219 Å². The standard InChI is InChI=1S/C28H30F2N8/c1-15-10-19(29)26(37-24(15)30)36-22-11-17(6-9-33-22)25-34-20-13-32-12-18(16-4-5-16)23(20)27(38-25)35-21-7-8-31-14-28(21,2)3/h6,9-13,16,21,31H,4-5,7-8,14H2,1-3H3,(H,33,36,37)(H,34,35,38). The molecule has 8 nitrogen and oxygen atoms in total. The Morgan fingerprint density at radius 1 is 1.03 bits per heavy atom. The summed E-state index contributed by atoms with van der Waals surface area (Å²) in [6.07, 6.45) is 8.56. The van der Waals surface area contributed by atoms with Crippen LogP contribution < -0.4 is 16.0 Å². The van der Waals surface area contributed by atoms with Gasteiger partial charge in [0.2, 0.25) is 5.95 Å². The monoisotopic (exact) mass is 516 g/mol. The van der Waals surface area contributed by atoms with Crippen LogP contribution in [0.2, 0.25) is 0 Å². The van der Waals surface area contributed by atoms with Crippen LogP contribution >= 0.6 is 0 Å². The number of pyridine rings is 3. The molecule has 196 valence electrons. The van der Waals surface area contributed by atoms with Gasteiger partial charge in [0.25, 0.3) is 0 Å². The van der Waals surface area contributed by atoms with E-state index in [1.165, 1.54) is 12.5 Å². The number of nitrogens with zero attached hydrogens (tertiary/aromatic N) is 5. The van der Waals surface area contributed by atoms with Crippen LogP contribution in [-0.4, -0.2) is 44.1 Å². The minimum absolute atomic E-state index is 0.0383. The number of anilines is 3. The van der Waals surface area contributed by atoms with Crippen molar-refractivity contribution in [2.24, 2.45) is 5.41 Å². The van der Waals surface area contributed by atoms with Crippen molar-refractivity contribution in [3.05, 3.63) is 59.7 Å². The van der Waals surface area contributed by atoms with Gasteiger partial charge in [-0.3, -0.25) is 4.98 Å². The number of halogens is 2. The van der Waals surface area contributed by atoms with Crippen LogP contribution in [0.5, 0.6) is 0 Å². The molecule has 1 aliphatic heterocycles. The van der Waals surface area contributed by atoms with Crippen LogP contribution in [0.4, 0.5) is 26.2 Å². The fourth-order valence-electron chi connectivity index (χ4n) is 5.05. The Hall–Kier alpha value is -3.79. The van der Waals surface area contributed by atoms with Crippen LogP contribution in [0.15, 0.2) is 36.8 Å². The average molecular weight is 517 g/mol. The summed E-state index contributed by atoms with van der Waals surface area (Å²) >= 11 is 0. The lowest BCUT2D eigenvalue weighted by Gasteiger charge is -2.40. The van der Waals surface area contributed by atoms with Crippen LogP contribution in [0.25, 0.3) is 22.3 Å². The maximum atomic E-state index is 14.4. The van der Waals surface area contributed by atoms with Crippen molar-refractivity contribution in [3.63, 3.8) is 0 Å². The molecule has 38 heavy (non-hydrogen) atoms. The van der Waals surface area contributed by atoms with Gasteiger partial charge >= 0.3 is 0 Å². The Bertz CT molecular complexity index is 1520. The lowest BCUT2D eigenvalue weighted by Crippen LogP contribution is -2.49. The maximum Gasteiger partial charge on any atom is 0.217 e. The third kappa shape index (κ3) is 4.76. The molecule has 1 aliphatic carbocycles. The van der Waals surface area contributed by atoms with Gasteiger partial charge in [-0.05, 0) is 67.8 Å². The third-order valence-corrected chi connectivity index (χ3v) is 7.47. The molecule has 2 fully saturated rings. The Kier molecular flexibility index (Phi) is 6.14. The zero-order valence-electron chi connectivity index (χ0n) is 21.6. The molecule has 4 aromatic rings. The molecule has 0 spiro atoms. The summed E-state index contributed by atoms with van der Waals surface area (Å²) in [6.45, 7) is 7.84. The lowest BCUT2D eigenvalue weighted by atomic mass is 9.80. The van der Waals surface area contributed by atoms with Gasteiger partial charge in [0.1, 0.15) is 11.6 Å².